The number of nitriles is 1. The number of hydrogen-bond acceptors (Lipinski definition) is 6. The number of aryl methyl sites for hydroxylation is 1. The van der Waals surface area contributed by atoms with Crippen LogP contribution in [0.2, 0.25) is 0 Å². The van der Waals surface area contributed by atoms with E-state index in [2.05, 4.69) is 15.1 Å². The summed E-state index contributed by atoms with van der Waals surface area (Å²) in [6, 6.07) is 3.39. The highest BCUT2D eigenvalue weighted by Crippen LogP contribution is 2.12. The first kappa shape index (κ1) is 11.5. The van der Waals surface area contributed by atoms with Crippen LogP contribution in [0.25, 0.3) is 5.95 Å². The van der Waals surface area contributed by atoms with Crippen molar-refractivity contribution >= 4 is 11.7 Å². The van der Waals surface area contributed by atoms with Crippen LogP contribution in [0.1, 0.15) is 21.9 Å². The van der Waals surface area contributed by atoms with Crippen molar-refractivity contribution in [2.75, 3.05) is 5.73 Å². The lowest BCUT2D eigenvalue weighted by atomic mass is 10.3. The second kappa shape index (κ2) is 4.14. The fourth-order valence-electron chi connectivity index (χ4n) is 1.37. The number of carboxylic acid groups (broad SMARTS) is 1. The van der Waals surface area contributed by atoms with E-state index in [1.807, 2.05) is 6.07 Å². The number of rotatable bonds is 2. The van der Waals surface area contributed by atoms with Gasteiger partial charge in [-0.25, -0.2) is 19.4 Å². The summed E-state index contributed by atoms with van der Waals surface area (Å²) in [4.78, 5) is 18.8. The van der Waals surface area contributed by atoms with E-state index < -0.39 is 5.97 Å². The van der Waals surface area contributed by atoms with E-state index in [0.717, 1.165) is 4.68 Å². The van der Waals surface area contributed by atoms with Crippen LogP contribution in [0, 0.1) is 18.3 Å². The first-order valence-corrected chi connectivity index (χ1v) is 4.86. The summed E-state index contributed by atoms with van der Waals surface area (Å²) >= 11 is 0. The SMILES string of the molecule is Cc1cc(C#N)nc(-n2cc(N)c(C(=O)O)n2)n1. The summed E-state index contributed by atoms with van der Waals surface area (Å²) in [5.74, 6) is -1.13. The van der Waals surface area contributed by atoms with Crippen molar-refractivity contribution in [2.24, 2.45) is 0 Å². The van der Waals surface area contributed by atoms with Gasteiger partial charge in [0.1, 0.15) is 11.8 Å². The topological polar surface area (TPSA) is 131 Å². The second-order valence-corrected chi connectivity index (χ2v) is 3.49. The Bertz CT molecular complexity index is 669. The molecule has 2 aromatic rings. The number of anilines is 1. The molecule has 0 bridgehead atoms. The van der Waals surface area contributed by atoms with Gasteiger partial charge in [0.05, 0.1) is 11.9 Å². The fraction of sp³-hybridized carbons (Fsp3) is 0.100. The van der Waals surface area contributed by atoms with Gasteiger partial charge < -0.3 is 10.8 Å². The molecule has 0 amide bonds. The minimum absolute atomic E-state index is 0.00566. The van der Waals surface area contributed by atoms with Crippen molar-refractivity contribution in [3.63, 3.8) is 0 Å². The van der Waals surface area contributed by atoms with Gasteiger partial charge in [0, 0.05) is 5.69 Å². The molecular weight excluding hydrogens is 236 g/mol. The maximum Gasteiger partial charge on any atom is 0.358 e. The highest BCUT2D eigenvalue weighted by atomic mass is 16.4. The summed E-state index contributed by atoms with van der Waals surface area (Å²) < 4.78 is 1.13. The summed E-state index contributed by atoms with van der Waals surface area (Å²) in [6.45, 7) is 1.69. The quantitative estimate of drug-likeness (QED) is 0.766. The van der Waals surface area contributed by atoms with Crippen molar-refractivity contribution in [2.45, 2.75) is 6.92 Å². The van der Waals surface area contributed by atoms with Gasteiger partial charge >= 0.3 is 5.97 Å². The third kappa shape index (κ3) is 1.97. The smallest absolute Gasteiger partial charge is 0.358 e. The molecule has 0 fully saturated rings. The Kier molecular flexibility index (Phi) is 2.65. The Morgan fingerprint density at radius 2 is 2.28 bits per heavy atom. The minimum atomic E-state index is -1.24. The highest BCUT2D eigenvalue weighted by molar-refractivity contribution is 5.91. The lowest BCUT2D eigenvalue weighted by Gasteiger charge is -2.00. The van der Waals surface area contributed by atoms with Crippen molar-refractivity contribution < 1.29 is 9.90 Å². The Balaban J connectivity index is 2.56. The number of nitrogens with two attached hydrogens (primary N) is 1. The van der Waals surface area contributed by atoms with Gasteiger partial charge in [-0.2, -0.15) is 10.4 Å². The summed E-state index contributed by atoms with van der Waals surface area (Å²) in [5, 5.41) is 21.4. The van der Waals surface area contributed by atoms with E-state index in [9.17, 15) is 4.79 Å². The van der Waals surface area contributed by atoms with Crippen LogP contribution >= 0.6 is 0 Å². The molecule has 90 valence electrons. The number of hydrogen-bond donors (Lipinski definition) is 2. The van der Waals surface area contributed by atoms with Crippen LogP contribution in [-0.4, -0.2) is 30.8 Å². The summed E-state index contributed by atoms with van der Waals surface area (Å²) in [7, 11) is 0. The number of nitrogens with zero attached hydrogens (tertiary/aromatic N) is 5. The summed E-state index contributed by atoms with van der Waals surface area (Å²) in [6.07, 6.45) is 1.29. The predicted molar refractivity (Wildman–Crippen MR) is 60.0 cm³/mol. The average Bonchev–Trinajstić information content (AvgIpc) is 2.70. The van der Waals surface area contributed by atoms with Gasteiger partial charge in [0.15, 0.2) is 5.69 Å². The molecule has 0 aliphatic rings. The van der Waals surface area contributed by atoms with Crippen LogP contribution in [0.4, 0.5) is 5.69 Å². The number of carbonyl (C=O) groups is 1. The minimum Gasteiger partial charge on any atom is -0.476 e. The van der Waals surface area contributed by atoms with E-state index in [4.69, 9.17) is 16.1 Å². The van der Waals surface area contributed by atoms with E-state index in [1.165, 1.54) is 12.3 Å². The molecule has 0 spiro atoms. The molecule has 0 atom stereocenters. The van der Waals surface area contributed by atoms with E-state index in [-0.39, 0.29) is 23.0 Å². The first-order valence-electron chi connectivity index (χ1n) is 4.86. The van der Waals surface area contributed by atoms with Gasteiger partial charge in [-0.1, -0.05) is 0 Å². The molecule has 2 heterocycles. The molecule has 18 heavy (non-hydrogen) atoms. The number of aromatic carboxylic acids is 1. The zero-order chi connectivity index (χ0) is 13.3. The molecule has 0 aliphatic heterocycles. The number of aromatic nitrogens is 4. The largest absolute Gasteiger partial charge is 0.476 e. The predicted octanol–water partition coefficient (Wildman–Crippen LogP) is 0.123. The molecule has 0 saturated carbocycles. The first-order chi connectivity index (χ1) is 8.51. The standard InChI is InChI=1S/C10H8N6O2/c1-5-2-6(3-11)14-10(13-5)16-4-7(12)8(15-16)9(17)18/h2,4H,12H2,1H3,(H,17,18). The zero-order valence-corrected chi connectivity index (χ0v) is 9.32. The number of carboxylic acids is 1. The molecule has 2 rings (SSSR count). The van der Waals surface area contributed by atoms with Crippen LogP contribution in [0.15, 0.2) is 12.3 Å². The molecule has 3 N–H and O–H groups in total. The number of nitrogen functional groups attached to an aromatic ring is 1. The normalized spacial score (nSPS) is 10.0. The van der Waals surface area contributed by atoms with Crippen molar-refractivity contribution in [3.8, 4) is 12.0 Å². The molecule has 0 radical (unpaired) electrons. The van der Waals surface area contributed by atoms with Gasteiger partial charge in [0.2, 0.25) is 0 Å². The van der Waals surface area contributed by atoms with Crippen LogP contribution in [0.5, 0.6) is 0 Å². The third-order valence-electron chi connectivity index (χ3n) is 2.11. The molecule has 0 unspecified atom stereocenters. The molecule has 0 aliphatic carbocycles. The van der Waals surface area contributed by atoms with Crippen molar-refractivity contribution in [1.29, 1.82) is 5.26 Å². The van der Waals surface area contributed by atoms with Gasteiger partial charge in [-0.3, -0.25) is 0 Å². The molecule has 8 heteroatoms. The fourth-order valence-corrected chi connectivity index (χ4v) is 1.37. The molecular formula is C10H8N6O2. The highest BCUT2D eigenvalue weighted by Gasteiger charge is 2.15. The maximum atomic E-state index is 10.8. The van der Waals surface area contributed by atoms with E-state index in [1.54, 1.807) is 6.92 Å². The molecule has 0 aromatic carbocycles. The zero-order valence-electron chi connectivity index (χ0n) is 9.32. The van der Waals surface area contributed by atoms with Crippen LogP contribution in [0.3, 0.4) is 0 Å². The Morgan fingerprint density at radius 3 is 2.83 bits per heavy atom. The van der Waals surface area contributed by atoms with Gasteiger partial charge in [-0.05, 0) is 13.0 Å². The molecule has 2 aromatic heterocycles. The maximum absolute atomic E-state index is 10.8. The Hall–Kier alpha value is -2.95. The van der Waals surface area contributed by atoms with Crippen molar-refractivity contribution in [3.05, 3.63) is 29.3 Å². The van der Waals surface area contributed by atoms with Crippen LogP contribution in [-0.2, 0) is 0 Å². The Morgan fingerprint density at radius 1 is 1.56 bits per heavy atom. The summed E-state index contributed by atoms with van der Waals surface area (Å²) in [5.41, 5.74) is 5.97. The van der Waals surface area contributed by atoms with Crippen molar-refractivity contribution in [1.82, 2.24) is 19.7 Å². The molecule has 8 nitrogen and oxygen atoms in total. The monoisotopic (exact) mass is 244 g/mol. The second-order valence-electron chi connectivity index (χ2n) is 3.49. The van der Waals surface area contributed by atoms with Crippen LogP contribution < -0.4 is 5.73 Å². The molecule has 0 saturated heterocycles. The Labute approximate surface area is 101 Å². The lowest BCUT2D eigenvalue weighted by molar-refractivity contribution is 0.0691. The van der Waals surface area contributed by atoms with Gasteiger partial charge in [-0.15, -0.1) is 0 Å². The van der Waals surface area contributed by atoms with Gasteiger partial charge in [0.25, 0.3) is 5.95 Å². The third-order valence-corrected chi connectivity index (χ3v) is 2.11. The van der Waals surface area contributed by atoms with E-state index >= 15 is 0 Å². The van der Waals surface area contributed by atoms with E-state index in [0.29, 0.717) is 5.69 Å². The average molecular weight is 244 g/mol. The lowest BCUT2D eigenvalue weighted by Crippen LogP contribution is -2.06.